The number of thioether (sulfide) groups is 1. The van der Waals surface area contributed by atoms with E-state index in [2.05, 4.69) is 4.72 Å². The van der Waals surface area contributed by atoms with Crippen LogP contribution in [0, 0.1) is 0 Å². The van der Waals surface area contributed by atoms with Crippen LogP contribution < -0.4 is 10.5 Å². The Morgan fingerprint density at radius 1 is 1.39 bits per heavy atom. The number of para-hydroxylation sites is 1. The van der Waals surface area contributed by atoms with E-state index in [9.17, 15) is 8.42 Å². The molecule has 1 atom stereocenters. The summed E-state index contributed by atoms with van der Waals surface area (Å²) >= 11 is 1.46. The van der Waals surface area contributed by atoms with Gasteiger partial charge in [-0.3, -0.25) is 0 Å². The van der Waals surface area contributed by atoms with E-state index in [0.29, 0.717) is 11.4 Å². The van der Waals surface area contributed by atoms with Crippen LogP contribution in [0.5, 0.6) is 0 Å². The predicted molar refractivity (Wildman–Crippen MR) is 78.3 cm³/mol. The number of hydrogen-bond acceptors (Lipinski definition) is 4. The Morgan fingerprint density at radius 3 is 2.67 bits per heavy atom. The van der Waals surface area contributed by atoms with E-state index in [1.54, 1.807) is 0 Å². The van der Waals surface area contributed by atoms with Crippen LogP contribution in [0.3, 0.4) is 0 Å². The van der Waals surface area contributed by atoms with Gasteiger partial charge in [-0.1, -0.05) is 19.1 Å². The average Bonchev–Trinajstić information content (AvgIpc) is 2.30. The molecule has 0 radical (unpaired) electrons. The third kappa shape index (κ3) is 5.29. The third-order valence-electron chi connectivity index (χ3n) is 2.52. The molecule has 0 spiro atoms. The zero-order chi connectivity index (χ0) is 13.6. The number of nitrogens with two attached hydrogens (primary N) is 1. The summed E-state index contributed by atoms with van der Waals surface area (Å²) in [5.74, 6) is 0.607. The Kier molecular flexibility index (Phi) is 5.98. The van der Waals surface area contributed by atoms with E-state index in [-0.39, 0.29) is 11.8 Å². The van der Waals surface area contributed by atoms with Gasteiger partial charge in [0.1, 0.15) is 0 Å². The zero-order valence-electron chi connectivity index (χ0n) is 10.7. The van der Waals surface area contributed by atoms with Crippen molar-refractivity contribution in [2.24, 2.45) is 0 Å². The van der Waals surface area contributed by atoms with Gasteiger partial charge >= 0.3 is 0 Å². The molecule has 1 aromatic carbocycles. The van der Waals surface area contributed by atoms with Gasteiger partial charge in [-0.05, 0) is 25.5 Å². The number of sulfonamides is 1. The highest BCUT2D eigenvalue weighted by molar-refractivity contribution is 8.00. The highest BCUT2D eigenvalue weighted by Gasteiger charge is 2.13. The summed E-state index contributed by atoms with van der Waals surface area (Å²) in [4.78, 5) is 0.927. The molecule has 18 heavy (non-hydrogen) atoms. The second kappa shape index (κ2) is 7.01. The molecule has 1 unspecified atom stereocenters. The number of rotatable bonds is 7. The maximum Gasteiger partial charge on any atom is 0.212 e. The molecule has 3 N–H and O–H groups in total. The molecule has 0 amide bonds. The van der Waals surface area contributed by atoms with Crippen molar-refractivity contribution in [3.05, 3.63) is 24.3 Å². The number of nitrogens with one attached hydrogen (secondary N) is 1. The van der Waals surface area contributed by atoms with Gasteiger partial charge in [0.15, 0.2) is 0 Å². The van der Waals surface area contributed by atoms with Gasteiger partial charge in [0.25, 0.3) is 0 Å². The maximum atomic E-state index is 11.7. The largest absolute Gasteiger partial charge is 0.398 e. The van der Waals surface area contributed by atoms with E-state index in [1.165, 1.54) is 11.8 Å². The first-order valence-electron chi connectivity index (χ1n) is 5.92. The van der Waals surface area contributed by atoms with E-state index >= 15 is 0 Å². The van der Waals surface area contributed by atoms with Gasteiger partial charge in [0.05, 0.1) is 5.75 Å². The number of nitrogen functional groups attached to an aromatic ring is 1. The van der Waals surface area contributed by atoms with Gasteiger partial charge in [0, 0.05) is 22.4 Å². The lowest BCUT2D eigenvalue weighted by Gasteiger charge is -2.12. The molecule has 1 rings (SSSR count). The van der Waals surface area contributed by atoms with Crippen molar-refractivity contribution in [2.45, 2.75) is 31.2 Å². The van der Waals surface area contributed by atoms with Gasteiger partial charge in [0.2, 0.25) is 10.0 Å². The second-order valence-corrected chi connectivity index (χ2v) is 7.14. The van der Waals surface area contributed by atoms with E-state index in [0.717, 1.165) is 11.3 Å². The van der Waals surface area contributed by atoms with Crippen molar-refractivity contribution in [2.75, 3.05) is 17.2 Å². The quantitative estimate of drug-likeness (QED) is 0.595. The fourth-order valence-electron chi connectivity index (χ4n) is 1.32. The molecule has 4 nitrogen and oxygen atoms in total. The summed E-state index contributed by atoms with van der Waals surface area (Å²) in [7, 11) is -3.19. The molecule has 0 saturated carbocycles. The van der Waals surface area contributed by atoms with E-state index in [1.807, 2.05) is 38.1 Å². The fraction of sp³-hybridized carbons (Fsp3) is 0.500. The second-order valence-electron chi connectivity index (χ2n) is 4.13. The number of anilines is 1. The van der Waals surface area contributed by atoms with Crippen molar-refractivity contribution in [1.29, 1.82) is 0 Å². The van der Waals surface area contributed by atoms with Crippen LogP contribution in [-0.2, 0) is 10.0 Å². The van der Waals surface area contributed by atoms with Gasteiger partial charge < -0.3 is 5.73 Å². The topological polar surface area (TPSA) is 72.2 Å². The maximum absolute atomic E-state index is 11.7. The summed E-state index contributed by atoms with van der Waals surface area (Å²) in [5.41, 5.74) is 6.48. The minimum absolute atomic E-state index is 0.0122. The van der Waals surface area contributed by atoms with E-state index in [4.69, 9.17) is 5.73 Å². The monoisotopic (exact) mass is 288 g/mol. The molecule has 1 aromatic rings. The Hall–Kier alpha value is -0.720. The lowest BCUT2D eigenvalue weighted by molar-refractivity contribution is 0.557. The lowest BCUT2D eigenvalue weighted by atomic mass is 10.3. The molecule has 102 valence electrons. The van der Waals surface area contributed by atoms with Crippen molar-refractivity contribution in [3.8, 4) is 0 Å². The Balaban J connectivity index is 2.44. The summed E-state index contributed by atoms with van der Waals surface area (Å²) < 4.78 is 26.1. The molecule has 0 aliphatic heterocycles. The lowest BCUT2D eigenvalue weighted by Crippen LogP contribution is -2.34. The van der Waals surface area contributed by atoms with Crippen molar-refractivity contribution in [1.82, 2.24) is 4.72 Å². The average molecular weight is 288 g/mol. The standard InChI is InChI=1S/C12H20N2O2S2/c1-3-10(2)14-18(15,16)9-8-17-12-7-5-4-6-11(12)13/h4-7,10,14H,3,8-9,13H2,1-2H3. The van der Waals surface area contributed by atoms with E-state index < -0.39 is 10.0 Å². The predicted octanol–water partition coefficient (Wildman–Crippen LogP) is 2.08. The van der Waals surface area contributed by atoms with Crippen LogP contribution in [0.2, 0.25) is 0 Å². The summed E-state index contributed by atoms with van der Waals surface area (Å²) in [6, 6.07) is 7.45. The number of benzene rings is 1. The molecule has 0 aliphatic rings. The first kappa shape index (κ1) is 15.3. The first-order valence-corrected chi connectivity index (χ1v) is 8.55. The van der Waals surface area contributed by atoms with Crippen LogP contribution in [0.25, 0.3) is 0 Å². The molecule has 0 heterocycles. The Bertz CT molecular complexity index is 475. The smallest absolute Gasteiger partial charge is 0.212 e. The molecular weight excluding hydrogens is 268 g/mol. The van der Waals surface area contributed by atoms with Gasteiger partial charge in [-0.2, -0.15) is 0 Å². The first-order chi connectivity index (χ1) is 8.44. The summed E-state index contributed by atoms with van der Waals surface area (Å²) in [6.07, 6.45) is 0.790. The molecule has 0 bridgehead atoms. The molecule has 6 heteroatoms. The summed E-state index contributed by atoms with van der Waals surface area (Å²) in [6.45, 7) is 3.81. The van der Waals surface area contributed by atoms with Crippen LogP contribution in [-0.4, -0.2) is 26.0 Å². The van der Waals surface area contributed by atoms with Crippen molar-refractivity contribution in [3.63, 3.8) is 0 Å². The minimum atomic E-state index is -3.19. The van der Waals surface area contributed by atoms with Crippen molar-refractivity contribution >= 4 is 27.5 Å². The molecule has 0 aliphatic carbocycles. The molecule has 0 aromatic heterocycles. The Morgan fingerprint density at radius 2 is 2.06 bits per heavy atom. The molecule has 0 saturated heterocycles. The SMILES string of the molecule is CCC(C)NS(=O)(=O)CCSc1ccccc1N. The van der Waals surface area contributed by atoms with Crippen LogP contribution in [0.15, 0.2) is 29.2 Å². The van der Waals surface area contributed by atoms with Crippen molar-refractivity contribution < 1.29 is 8.42 Å². The fourth-order valence-corrected chi connectivity index (χ4v) is 4.06. The minimum Gasteiger partial charge on any atom is -0.398 e. The normalized spacial score (nSPS) is 13.4. The van der Waals surface area contributed by atoms with Gasteiger partial charge in [-0.25, -0.2) is 13.1 Å². The van der Waals surface area contributed by atoms with Gasteiger partial charge in [-0.15, -0.1) is 11.8 Å². The Labute approximate surface area is 113 Å². The van der Waals surface area contributed by atoms with Crippen LogP contribution >= 0.6 is 11.8 Å². The van der Waals surface area contributed by atoms with Crippen LogP contribution in [0.1, 0.15) is 20.3 Å². The third-order valence-corrected chi connectivity index (χ3v) is 5.37. The molecule has 0 fully saturated rings. The summed E-state index contributed by atoms with van der Waals surface area (Å²) in [5, 5.41) is 0. The molecular formula is C12H20N2O2S2. The zero-order valence-corrected chi connectivity index (χ0v) is 12.4. The highest BCUT2D eigenvalue weighted by Crippen LogP contribution is 2.24. The van der Waals surface area contributed by atoms with Crippen LogP contribution in [0.4, 0.5) is 5.69 Å². The number of hydrogen-bond donors (Lipinski definition) is 2. The highest BCUT2D eigenvalue weighted by atomic mass is 32.2.